The lowest BCUT2D eigenvalue weighted by Crippen LogP contribution is -2.23. The second-order valence-corrected chi connectivity index (χ2v) is 9.48. The predicted octanol–water partition coefficient (Wildman–Crippen LogP) is 3.00. The molecule has 0 amide bonds. The molecule has 5 rings (SSSR count). The fraction of sp³-hybridized carbons (Fsp3) is 0.560. The Labute approximate surface area is 199 Å². The SMILES string of the molecule is COC[C@H](C)Nc1ncc2c(-c3ccnc(O[C@H]4CCNC4)c3)cc(C3CCC(O)CC3)n2n1. The molecule has 0 unspecified atom stereocenters. The first-order valence-corrected chi connectivity index (χ1v) is 12.3. The first-order valence-electron chi connectivity index (χ1n) is 12.3. The molecular formula is C25H34N6O3. The number of rotatable bonds is 8. The third kappa shape index (κ3) is 5.01. The molecule has 0 bridgehead atoms. The van der Waals surface area contributed by atoms with E-state index in [-0.39, 0.29) is 18.2 Å². The van der Waals surface area contributed by atoms with Gasteiger partial charge in [-0.2, -0.15) is 0 Å². The van der Waals surface area contributed by atoms with Crippen LogP contribution in [0, 0.1) is 0 Å². The summed E-state index contributed by atoms with van der Waals surface area (Å²) in [6.45, 7) is 4.44. The summed E-state index contributed by atoms with van der Waals surface area (Å²) in [5.74, 6) is 1.55. The minimum Gasteiger partial charge on any atom is -0.473 e. The Bertz CT molecular complexity index is 1110. The van der Waals surface area contributed by atoms with Crippen molar-refractivity contribution in [3.05, 3.63) is 36.3 Å². The van der Waals surface area contributed by atoms with Crippen molar-refractivity contribution in [3.63, 3.8) is 0 Å². The van der Waals surface area contributed by atoms with Crippen molar-refractivity contribution in [1.29, 1.82) is 0 Å². The Hall–Kier alpha value is -2.75. The maximum Gasteiger partial charge on any atom is 0.241 e. The number of fused-ring (bicyclic) bond motifs is 1. The van der Waals surface area contributed by atoms with Gasteiger partial charge in [-0.1, -0.05) is 0 Å². The standard InChI is InChI=1S/C25H34N6O3/c1-16(15-33-2)29-25-28-14-23-21(12-22(31(23)30-25)17-3-5-19(32)6-4-17)18-7-10-27-24(11-18)34-20-8-9-26-13-20/h7,10-12,14,16-17,19-20,26,32H,3-6,8-9,13,15H2,1-2H3,(H,29,30)/t16-,17?,19?,20-/m0/s1. The Kier molecular flexibility index (Phi) is 6.94. The molecule has 3 aromatic heterocycles. The Morgan fingerprint density at radius 1 is 1.21 bits per heavy atom. The van der Waals surface area contributed by atoms with Gasteiger partial charge < -0.3 is 25.2 Å². The molecule has 3 aromatic rings. The number of aliphatic hydroxyl groups excluding tert-OH is 1. The number of methoxy groups -OCH3 is 1. The van der Waals surface area contributed by atoms with Crippen molar-refractivity contribution >= 4 is 11.5 Å². The largest absolute Gasteiger partial charge is 0.473 e. The molecule has 34 heavy (non-hydrogen) atoms. The number of anilines is 1. The minimum atomic E-state index is -0.200. The van der Waals surface area contributed by atoms with Crippen LogP contribution in [0.1, 0.15) is 50.6 Å². The van der Waals surface area contributed by atoms with Gasteiger partial charge >= 0.3 is 0 Å². The number of hydrogen-bond acceptors (Lipinski definition) is 8. The third-order valence-corrected chi connectivity index (χ3v) is 6.80. The summed E-state index contributed by atoms with van der Waals surface area (Å²) in [7, 11) is 1.69. The van der Waals surface area contributed by atoms with E-state index in [1.165, 1.54) is 0 Å². The van der Waals surface area contributed by atoms with E-state index in [2.05, 4.69) is 26.7 Å². The molecular weight excluding hydrogens is 432 g/mol. The van der Waals surface area contributed by atoms with Crippen molar-refractivity contribution in [2.75, 3.05) is 32.1 Å². The highest BCUT2D eigenvalue weighted by Crippen LogP contribution is 2.38. The number of aromatic nitrogens is 4. The summed E-state index contributed by atoms with van der Waals surface area (Å²) in [5, 5.41) is 21.6. The molecule has 1 saturated carbocycles. The third-order valence-electron chi connectivity index (χ3n) is 6.80. The van der Waals surface area contributed by atoms with Gasteiger partial charge in [0.25, 0.3) is 0 Å². The number of hydrogen-bond donors (Lipinski definition) is 3. The normalized spacial score (nSPS) is 23.8. The van der Waals surface area contributed by atoms with Crippen LogP contribution in [0.2, 0.25) is 0 Å². The molecule has 0 radical (unpaired) electrons. The Balaban J connectivity index is 1.51. The lowest BCUT2D eigenvalue weighted by molar-refractivity contribution is 0.121. The summed E-state index contributed by atoms with van der Waals surface area (Å²) in [6.07, 6.45) is 8.15. The van der Waals surface area contributed by atoms with E-state index in [0.717, 1.165) is 67.5 Å². The summed E-state index contributed by atoms with van der Waals surface area (Å²) in [5.41, 5.74) is 4.20. The summed E-state index contributed by atoms with van der Waals surface area (Å²) < 4.78 is 13.4. The van der Waals surface area contributed by atoms with E-state index < -0.39 is 0 Å². The van der Waals surface area contributed by atoms with Gasteiger partial charge in [0.15, 0.2) is 0 Å². The Morgan fingerprint density at radius 2 is 2.06 bits per heavy atom. The van der Waals surface area contributed by atoms with E-state index in [0.29, 0.717) is 24.4 Å². The van der Waals surface area contributed by atoms with Gasteiger partial charge in [0, 0.05) is 49.1 Å². The molecule has 1 aliphatic carbocycles. The van der Waals surface area contributed by atoms with E-state index in [4.69, 9.17) is 14.6 Å². The minimum absolute atomic E-state index is 0.0933. The molecule has 0 aromatic carbocycles. The number of aliphatic hydroxyl groups is 1. The van der Waals surface area contributed by atoms with Crippen LogP contribution in [0.3, 0.4) is 0 Å². The zero-order valence-corrected chi connectivity index (χ0v) is 19.9. The molecule has 2 atom stereocenters. The summed E-state index contributed by atoms with van der Waals surface area (Å²) >= 11 is 0. The number of nitrogens with one attached hydrogen (secondary N) is 2. The first kappa shape index (κ1) is 23.0. The van der Waals surface area contributed by atoms with Gasteiger partial charge in [0.2, 0.25) is 11.8 Å². The monoisotopic (exact) mass is 466 g/mol. The van der Waals surface area contributed by atoms with E-state index >= 15 is 0 Å². The summed E-state index contributed by atoms with van der Waals surface area (Å²) in [6, 6.07) is 6.34. The Morgan fingerprint density at radius 3 is 2.82 bits per heavy atom. The molecule has 9 nitrogen and oxygen atoms in total. The van der Waals surface area contributed by atoms with Crippen LogP contribution < -0.4 is 15.4 Å². The van der Waals surface area contributed by atoms with Crippen molar-refractivity contribution in [1.82, 2.24) is 24.9 Å². The average molecular weight is 467 g/mol. The second-order valence-electron chi connectivity index (χ2n) is 9.48. The fourth-order valence-corrected chi connectivity index (χ4v) is 5.03. The predicted molar refractivity (Wildman–Crippen MR) is 130 cm³/mol. The zero-order valence-electron chi connectivity index (χ0n) is 19.9. The van der Waals surface area contributed by atoms with Crippen LogP contribution in [-0.4, -0.2) is 69.7 Å². The van der Waals surface area contributed by atoms with Gasteiger partial charge in [-0.3, -0.25) is 0 Å². The maximum atomic E-state index is 10.0. The highest BCUT2D eigenvalue weighted by Gasteiger charge is 2.26. The van der Waals surface area contributed by atoms with Crippen molar-refractivity contribution in [2.24, 2.45) is 0 Å². The smallest absolute Gasteiger partial charge is 0.241 e. The van der Waals surface area contributed by atoms with Crippen LogP contribution in [-0.2, 0) is 4.74 Å². The summed E-state index contributed by atoms with van der Waals surface area (Å²) in [4.78, 5) is 9.04. The zero-order chi connectivity index (χ0) is 23.5. The van der Waals surface area contributed by atoms with Crippen molar-refractivity contribution < 1.29 is 14.6 Å². The van der Waals surface area contributed by atoms with E-state index in [1.807, 2.05) is 29.8 Å². The van der Waals surface area contributed by atoms with Gasteiger partial charge in [-0.25, -0.2) is 14.5 Å². The first-order chi connectivity index (χ1) is 16.6. The van der Waals surface area contributed by atoms with Crippen molar-refractivity contribution in [2.45, 2.75) is 63.2 Å². The van der Waals surface area contributed by atoms with Crippen LogP contribution in [0.4, 0.5) is 5.95 Å². The topological polar surface area (TPSA) is 106 Å². The molecule has 1 saturated heterocycles. The molecule has 2 fully saturated rings. The molecule has 3 N–H and O–H groups in total. The second kappa shape index (κ2) is 10.2. The van der Waals surface area contributed by atoms with Crippen LogP contribution in [0.25, 0.3) is 16.6 Å². The van der Waals surface area contributed by atoms with Gasteiger partial charge in [0.1, 0.15) is 6.10 Å². The quantitative estimate of drug-likeness (QED) is 0.465. The maximum absolute atomic E-state index is 10.0. The molecule has 182 valence electrons. The number of nitrogens with zero attached hydrogens (tertiary/aromatic N) is 4. The molecule has 9 heteroatoms. The highest BCUT2D eigenvalue weighted by molar-refractivity contribution is 5.81. The van der Waals surface area contributed by atoms with E-state index in [9.17, 15) is 5.11 Å². The number of pyridine rings is 1. The molecule has 2 aliphatic rings. The van der Waals surface area contributed by atoms with Crippen LogP contribution in [0.5, 0.6) is 5.88 Å². The number of ether oxygens (including phenoxy) is 2. The van der Waals surface area contributed by atoms with Gasteiger partial charge in [0.05, 0.1) is 24.4 Å². The lowest BCUT2D eigenvalue weighted by atomic mass is 9.85. The van der Waals surface area contributed by atoms with Gasteiger partial charge in [-0.15, -0.1) is 5.10 Å². The average Bonchev–Trinajstić information content (AvgIpc) is 3.48. The van der Waals surface area contributed by atoms with E-state index in [1.54, 1.807) is 13.3 Å². The molecule has 4 heterocycles. The lowest BCUT2D eigenvalue weighted by Gasteiger charge is -2.25. The molecule has 0 spiro atoms. The van der Waals surface area contributed by atoms with Crippen molar-refractivity contribution in [3.8, 4) is 17.0 Å². The fourth-order valence-electron chi connectivity index (χ4n) is 5.03. The van der Waals surface area contributed by atoms with Gasteiger partial charge in [-0.05, 0) is 63.3 Å². The molecule has 1 aliphatic heterocycles. The van der Waals surface area contributed by atoms with Crippen LogP contribution >= 0.6 is 0 Å². The van der Waals surface area contributed by atoms with Crippen LogP contribution in [0.15, 0.2) is 30.6 Å². The highest BCUT2D eigenvalue weighted by atomic mass is 16.5.